The maximum atomic E-state index is 2.55. The Morgan fingerprint density at radius 3 is 1.97 bits per heavy atom. The van der Waals surface area contributed by atoms with Crippen LogP contribution in [-0.2, 0) is 0 Å². The molecule has 0 amide bonds. The van der Waals surface area contributed by atoms with Gasteiger partial charge >= 0.3 is 0 Å². The van der Waals surface area contributed by atoms with Gasteiger partial charge in [-0.3, -0.25) is 0 Å². The van der Waals surface area contributed by atoms with E-state index >= 15 is 0 Å². The molecule has 0 saturated heterocycles. The van der Waals surface area contributed by atoms with Gasteiger partial charge in [-0.1, -0.05) is 121 Å². The van der Waals surface area contributed by atoms with Gasteiger partial charge in [-0.15, -0.1) is 0 Å². The van der Waals surface area contributed by atoms with Crippen LogP contribution in [0.15, 0.2) is 121 Å². The molecule has 6 aromatic rings. The van der Waals surface area contributed by atoms with Gasteiger partial charge in [-0.05, 0) is 39.2 Å². The van der Waals surface area contributed by atoms with Crippen molar-refractivity contribution in [1.82, 2.24) is 4.57 Å². The predicted octanol–water partition coefficient (Wildman–Crippen LogP) is 5.77. The maximum absolute atomic E-state index is 2.55. The molecule has 0 N–H and O–H groups in total. The van der Waals surface area contributed by atoms with Crippen LogP contribution >= 0.6 is 0 Å². The Labute approximate surface area is 199 Å². The third kappa shape index (κ3) is 2.20. The van der Waals surface area contributed by atoms with Crippen molar-refractivity contribution in [3.05, 3.63) is 121 Å². The normalized spacial score (nSPS) is 12.6. The smallest absolute Gasteiger partial charge is 0.248 e. The number of para-hydroxylation sites is 1. The van der Waals surface area contributed by atoms with Gasteiger partial charge < -0.3 is 4.57 Å². The van der Waals surface area contributed by atoms with Crippen LogP contribution < -0.4 is 16.4 Å². The minimum absolute atomic E-state index is 0.278. The van der Waals surface area contributed by atoms with Crippen molar-refractivity contribution in [1.29, 1.82) is 0 Å². The summed E-state index contributed by atoms with van der Waals surface area (Å²) in [4.78, 5) is 0. The number of hydrogen-bond acceptors (Lipinski definition) is 0. The van der Waals surface area contributed by atoms with E-state index in [0.29, 0.717) is 0 Å². The fraction of sp³-hybridized carbons (Fsp3) is 0. The zero-order chi connectivity index (χ0) is 22.2. The molecule has 1 aromatic heterocycles. The van der Waals surface area contributed by atoms with Crippen LogP contribution in [0, 0.1) is 0 Å². The molecule has 0 spiro atoms. The number of benzene rings is 5. The lowest BCUT2D eigenvalue weighted by molar-refractivity contribution is 1.14. The van der Waals surface area contributed by atoms with Gasteiger partial charge in [0.25, 0.3) is 0 Å². The molecule has 5 aromatic carbocycles. The summed E-state index contributed by atoms with van der Waals surface area (Å²) in [6.07, 6.45) is 0. The maximum Gasteiger partial charge on any atom is 0.248 e. The van der Waals surface area contributed by atoms with Crippen LogP contribution in [0.25, 0.3) is 50.1 Å². The van der Waals surface area contributed by atoms with Gasteiger partial charge in [0, 0.05) is 22.2 Å². The van der Waals surface area contributed by atoms with Crippen LogP contribution in [0.2, 0.25) is 0 Å². The van der Waals surface area contributed by atoms with E-state index in [9.17, 15) is 0 Å². The van der Waals surface area contributed by atoms with Crippen molar-refractivity contribution in [2.24, 2.45) is 0 Å². The third-order valence-corrected chi connectivity index (χ3v) is 7.62. The zero-order valence-electron chi connectivity index (χ0n) is 18.6. The summed E-state index contributed by atoms with van der Waals surface area (Å²) >= 11 is 0. The summed E-state index contributed by atoms with van der Waals surface area (Å²) < 4.78 is 2.55. The highest BCUT2D eigenvalue weighted by Gasteiger charge is 2.41. The Morgan fingerprint density at radius 1 is 0.500 bits per heavy atom. The van der Waals surface area contributed by atoms with Crippen molar-refractivity contribution in [2.75, 3.05) is 0 Å². The lowest BCUT2D eigenvalue weighted by atomic mass is 9.37. The first kappa shape index (κ1) is 18.2. The molecule has 0 bridgehead atoms. The van der Waals surface area contributed by atoms with Crippen LogP contribution in [0.5, 0.6) is 0 Å². The highest BCUT2D eigenvalue weighted by atomic mass is 15.0. The molecule has 3 heterocycles. The Bertz CT molecular complexity index is 1750. The summed E-state index contributed by atoms with van der Waals surface area (Å²) in [7, 11) is 0. The molecule has 0 fully saturated rings. The Hall–Kier alpha value is -4.30. The van der Waals surface area contributed by atoms with Crippen molar-refractivity contribution < 1.29 is 0 Å². The second-order valence-corrected chi connectivity index (χ2v) is 9.29. The lowest BCUT2D eigenvalue weighted by Crippen LogP contribution is -2.53. The second-order valence-electron chi connectivity index (χ2n) is 9.29. The molecule has 156 valence electrons. The van der Waals surface area contributed by atoms with Crippen molar-refractivity contribution in [2.45, 2.75) is 0 Å². The molecule has 2 aliphatic rings. The molecular weight excluding hydrogens is 409 g/mol. The Morgan fingerprint density at radius 2 is 1.15 bits per heavy atom. The van der Waals surface area contributed by atoms with Gasteiger partial charge in [0.1, 0.15) is 0 Å². The van der Waals surface area contributed by atoms with Crippen LogP contribution in [0.4, 0.5) is 0 Å². The summed E-state index contributed by atoms with van der Waals surface area (Å²) in [6, 6.07) is 44.4. The highest BCUT2D eigenvalue weighted by molar-refractivity contribution is 7.01. The van der Waals surface area contributed by atoms with E-state index in [2.05, 4.69) is 126 Å². The van der Waals surface area contributed by atoms with Crippen LogP contribution in [0.1, 0.15) is 0 Å². The minimum atomic E-state index is 0.278. The molecule has 34 heavy (non-hydrogen) atoms. The molecule has 0 unspecified atom stereocenters. The first-order valence-corrected chi connectivity index (χ1v) is 11.9. The number of nitrogens with zero attached hydrogens (tertiary/aromatic N) is 1. The average Bonchev–Trinajstić information content (AvgIpc) is 3.44. The van der Waals surface area contributed by atoms with E-state index in [1.54, 1.807) is 0 Å². The molecule has 2 aliphatic heterocycles. The quantitative estimate of drug-likeness (QED) is 0.307. The van der Waals surface area contributed by atoms with E-state index in [0.717, 1.165) is 0 Å². The summed E-state index contributed by atoms with van der Waals surface area (Å²) in [5, 5.41) is 1.32. The van der Waals surface area contributed by atoms with E-state index in [4.69, 9.17) is 0 Å². The fourth-order valence-electron chi connectivity index (χ4n) is 6.36. The van der Waals surface area contributed by atoms with Gasteiger partial charge in [0.15, 0.2) is 0 Å². The second kappa shape index (κ2) is 6.62. The van der Waals surface area contributed by atoms with Gasteiger partial charge in [-0.25, -0.2) is 0 Å². The molecule has 0 radical (unpaired) electrons. The van der Waals surface area contributed by atoms with Gasteiger partial charge in [-0.2, -0.15) is 0 Å². The molecule has 8 rings (SSSR count). The largest absolute Gasteiger partial charge is 0.310 e. The number of fused-ring (bicyclic) bond motifs is 5. The Balaban J connectivity index is 1.60. The van der Waals surface area contributed by atoms with Crippen LogP contribution in [0.3, 0.4) is 0 Å². The molecule has 2 heteroatoms. The molecular formula is C32H20BN. The van der Waals surface area contributed by atoms with Gasteiger partial charge in [0.2, 0.25) is 6.71 Å². The first-order chi connectivity index (χ1) is 16.9. The average molecular weight is 429 g/mol. The topological polar surface area (TPSA) is 4.93 Å². The molecule has 0 aliphatic carbocycles. The number of rotatable bonds is 2. The molecule has 1 nitrogen and oxygen atoms in total. The monoisotopic (exact) mass is 429 g/mol. The summed E-state index contributed by atoms with van der Waals surface area (Å²) in [5.74, 6) is 0. The van der Waals surface area contributed by atoms with E-state index < -0.39 is 0 Å². The van der Waals surface area contributed by atoms with E-state index in [1.807, 2.05) is 0 Å². The highest BCUT2D eigenvalue weighted by Crippen LogP contribution is 2.44. The molecule has 0 atom stereocenters. The molecule has 0 saturated carbocycles. The lowest BCUT2D eigenvalue weighted by Gasteiger charge is -2.25. The summed E-state index contributed by atoms with van der Waals surface area (Å²) in [6.45, 7) is 0.278. The predicted molar refractivity (Wildman–Crippen MR) is 144 cm³/mol. The van der Waals surface area contributed by atoms with E-state index in [-0.39, 0.29) is 6.71 Å². The fourth-order valence-corrected chi connectivity index (χ4v) is 6.36. The Kier molecular flexibility index (Phi) is 3.54. The third-order valence-electron chi connectivity index (χ3n) is 7.62. The van der Waals surface area contributed by atoms with Crippen LogP contribution in [-0.4, -0.2) is 11.3 Å². The number of aromatic nitrogens is 1. The van der Waals surface area contributed by atoms with E-state index in [1.165, 1.54) is 66.5 Å². The summed E-state index contributed by atoms with van der Waals surface area (Å²) in [5.41, 5.74) is 14.8. The number of hydrogen-bond donors (Lipinski definition) is 0. The zero-order valence-corrected chi connectivity index (χ0v) is 18.6. The minimum Gasteiger partial charge on any atom is -0.310 e. The van der Waals surface area contributed by atoms with Crippen molar-refractivity contribution >= 4 is 34.0 Å². The first-order valence-electron chi connectivity index (χ1n) is 11.9. The standard InChI is InChI=1S/C32H20BN/c1-3-11-21(12-4-1)29-25-17-9-19-27-32(25)34(31(29)22-13-5-2-6-14-22)28-20-10-16-24-23-15-7-8-18-26(23)33(27)30(24)28/h1-20H. The SMILES string of the molecule is c1ccc(-c2c(-c3ccccc3)n3c4c(cccc24)B2c4ccccc4-c4cccc-3c42)cc1. The van der Waals surface area contributed by atoms with Crippen molar-refractivity contribution in [3.8, 4) is 39.2 Å². The van der Waals surface area contributed by atoms with Gasteiger partial charge in [0.05, 0.1) is 5.69 Å². The van der Waals surface area contributed by atoms with Crippen molar-refractivity contribution in [3.63, 3.8) is 0 Å².